The van der Waals surface area contributed by atoms with Gasteiger partial charge < -0.3 is 4.74 Å². The number of aromatic nitrogens is 2. The standard InChI is InChI=1S/C9H14ClN3OS/c1-14-6-7-2-3-13(4-7)5-8-11-12-9(10)15-8/h7H,2-6H2,1H3. The van der Waals surface area contributed by atoms with E-state index >= 15 is 0 Å². The first kappa shape index (κ1) is 11.3. The van der Waals surface area contributed by atoms with Crippen LogP contribution >= 0.6 is 22.9 Å². The Balaban J connectivity index is 1.82. The number of hydrogen-bond acceptors (Lipinski definition) is 5. The van der Waals surface area contributed by atoms with Gasteiger partial charge in [-0.05, 0) is 30.5 Å². The van der Waals surface area contributed by atoms with Crippen LogP contribution in [0.15, 0.2) is 0 Å². The Hall–Kier alpha value is -0.230. The highest BCUT2D eigenvalue weighted by atomic mass is 35.5. The second kappa shape index (κ2) is 5.21. The second-order valence-corrected chi connectivity index (χ2v) is 5.44. The summed E-state index contributed by atoms with van der Waals surface area (Å²) in [5.41, 5.74) is 0. The first-order valence-electron chi connectivity index (χ1n) is 4.97. The minimum atomic E-state index is 0.526. The lowest BCUT2D eigenvalue weighted by atomic mass is 10.1. The normalized spacial score (nSPS) is 22.4. The lowest BCUT2D eigenvalue weighted by molar-refractivity contribution is 0.152. The van der Waals surface area contributed by atoms with Gasteiger partial charge in [0.25, 0.3) is 0 Å². The predicted molar refractivity (Wildman–Crippen MR) is 60.2 cm³/mol. The minimum absolute atomic E-state index is 0.526. The highest BCUT2D eigenvalue weighted by Crippen LogP contribution is 2.21. The average Bonchev–Trinajstić information content (AvgIpc) is 2.78. The molecule has 0 radical (unpaired) electrons. The molecule has 0 aliphatic carbocycles. The molecule has 6 heteroatoms. The zero-order valence-electron chi connectivity index (χ0n) is 8.65. The smallest absolute Gasteiger partial charge is 0.207 e. The van der Waals surface area contributed by atoms with Crippen molar-refractivity contribution in [2.45, 2.75) is 13.0 Å². The van der Waals surface area contributed by atoms with Crippen LogP contribution in [0.3, 0.4) is 0 Å². The Morgan fingerprint density at radius 1 is 1.60 bits per heavy atom. The number of ether oxygens (including phenoxy) is 1. The number of methoxy groups -OCH3 is 1. The molecule has 1 aliphatic rings. The molecule has 1 atom stereocenters. The lowest BCUT2D eigenvalue weighted by Crippen LogP contribution is -2.21. The minimum Gasteiger partial charge on any atom is -0.384 e. The van der Waals surface area contributed by atoms with Crippen molar-refractivity contribution >= 4 is 22.9 Å². The number of nitrogens with zero attached hydrogens (tertiary/aromatic N) is 3. The van der Waals surface area contributed by atoms with Gasteiger partial charge in [0.2, 0.25) is 4.47 Å². The van der Waals surface area contributed by atoms with Crippen LogP contribution in [0.1, 0.15) is 11.4 Å². The summed E-state index contributed by atoms with van der Waals surface area (Å²) >= 11 is 7.19. The summed E-state index contributed by atoms with van der Waals surface area (Å²) in [6.07, 6.45) is 1.21. The molecule has 1 unspecified atom stereocenters. The van der Waals surface area contributed by atoms with Gasteiger partial charge >= 0.3 is 0 Å². The highest BCUT2D eigenvalue weighted by molar-refractivity contribution is 7.15. The second-order valence-electron chi connectivity index (χ2n) is 3.79. The molecule has 2 heterocycles. The quantitative estimate of drug-likeness (QED) is 0.811. The van der Waals surface area contributed by atoms with Gasteiger partial charge in [-0.25, -0.2) is 0 Å². The van der Waals surface area contributed by atoms with Crippen LogP contribution in [0.4, 0.5) is 0 Å². The van der Waals surface area contributed by atoms with Gasteiger partial charge in [0, 0.05) is 13.7 Å². The number of hydrogen-bond donors (Lipinski definition) is 0. The Labute approximate surface area is 98.2 Å². The zero-order chi connectivity index (χ0) is 10.7. The van der Waals surface area contributed by atoms with E-state index in [1.165, 1.54) is 17.8 Å². The molecular weight excluding hydrogens is 234 g/mol. The van der Waals surface area contributed by atoms with E-state index in [0.29, 0.717) is 10.4 Å². The van der Waals surface area contributed by atoms with Crippen LogP contribution in [0, 0.1) is 5.92 Å². The Bertz CT molecular complexity index is 320. The Morgan fingerprint density at radius 3 is 3.13 bits per heavy atom. The van der Waals surface area contributed by atoms with Crippen LogP contribution in [0.25, 0.3) is 0 Å². The molecule has 1 aromatic rings. The molecular formula is C9H14ClN3OS. The molecule has 4 nitrogen and oxygen atoms in total. The van der Waals surface area contributed by atoms with Crippen molar-refractivity contribution in [1.82, 2.24) is 15.1 Å². The van der Waals surface area contributed by atoms with Gasteiger partial charge in [-0.2, -0.15) is 0 Å². The van der Waals surface area contributed by atoms with Crippen molar-refractivity contribution < 1.29 is 4.74 Å². The van der Waals surface area contributed by atoms with E-state index in [4.69, 9.17) is 16.3 Å². The topological polar surface area (TPSA) is 38.2 Å². The first-order chi connectivity index (χ1) is 7.28. The third-order valence-corrected chi connectivity index (χ3v) is 3.58. The molecule has 0 N–H and O–H groups in total. The molecule has 0 spiro atoms. The van der Waals surface area contributed by atoms with Crippen LogP contribution in [0.5, 0.6) is 0 Å². The highest BCUT2D eigenvalue weighted by Gasteiger charge is 2.23. The predicted octanol–water partition coefficient (Wildman–Crippen LogP) is 1.66. The van der Waals surface area contributed by atoms with E-state index in [9.17, 15) is 0 Å². The van der Waals surface area contributed by atoms with Gasteiger partial charge in [-0.3, -0.25) is 4.90 Å². The van der Waals surface area contributed by atoms with Crippen LogP contribution in [-0.2, 0) is 11.3 Å². The van der Waals surface area contributed by atoms with Crippen LogP contribution < -0.4 is 0 Å². The molecule has 1 aromatic heterocycles. The molecule has 2 rings (SSSR count). The van der Waals surface area contributed by atoms with E-state index in [-0.39, 0.29) is 0 Å². The van der Waals surface area contributed by atoms with E-state index in [0.717, 1.165) is 31.2 Å². The van der Waals surface area contributed by atoms with Gasteiger partial charge in [0.15, 0.2) is 0 Å². The summed E-state index contributed by atoms with van der Waals surface area (Å²) in [6, 6.07) is 0. The summed E-state index contributed by atoms with van der Waals surface area (Å²) in [5, 5.41) is 8.81. The lowest BCUT2D eigenvalue weighted by Gasteiger charge is -2.13. The summed E-state index contributed by atoms with van der Waals surface area (Å²) in [5.74, 6) is 0.665. The maximum atomic E-state index is 5.73. The van der Waals surface area contributed by atoms with Gasteiger partial charge in [0.05, 0.1) is 13.2 Å². The fourth-order valence-corrected chi connectivity index (χ4v) is 2.83. The van der Waals surface area contributed by atoms with Crippen molar-refractivity contribution in [2.24, 2.45) is 5.92 Å². The summed E-state index contributed by atoms with van der Waals surface area (Å²) in [6.45, 7) is 3.92. The van der Waals surface area contributed by atoms with Crippen LogP contribution in [-0.4, -0.2) is 41.9 Å². The van der Waals surface area contributed by atoms with E-state index in [1.54, 1.807) is 7.11 Å². The van der Waals surface area contributed by atoms with Gasteiger partial charge in [-0.1, -0.05) is 11.3 Å². The molecule has 0 amide bonds. The monoisotopic (exact) mass is 247 g/mol. The van der Waals surface area contributed by atoms with E-state index < -0.39 is 0 Å². The number of halogens is 1. The molecule has 0 saturated carbocycles. The zero-order valence-corrected chi connectivity index (χ0v) is 10.2. The third kappa shape index (κ3) is 3.11. The number of rotatable bonds is 4. The molecule has 1 fully saturated rings. The molecule has 1 aliphatic heterocycles. The van der Waals surface area contributed by atoms with Crippen molar-refractivity contribution in [3.05, 3.63) is 9.47 Å². The van der Waals surface area contributed by atoms with Crippen molar-refractivity contribution in [2.75, 3.05) is 26.8 Å². The van der Waals surface area contributed by atoms with Crippen molar-refractivity contribution in [3.8, 4) is 0 Å². The van der Waals surface area contributed by atoms with Crippen LogP contribution in [0.2, 0.25) is 4.47 Å². The number of likely N-dealkylation sites (tertiary alicyclic amines) is 1. The van der Waals surface area contributed by atoms with E-state index in [2.05, 4.69) is 15.1 Å². The summed E-state index contributed by atoms with van der Waals surface area (Å²) in [4.78, 5) is 2.38. The largest absolute Gasteiger partial charge is 0.384 e. The fraction of sp³-hybridized carbons (Fsp3) is 0.778. The molecule has 84 valence electrons. The maximum Gasteiger partial charge on any atom is 0.207 e. The summed E-state index contributed by atoms with van der Waals surface area (Å²) in [7, 11) is 1.76. The van der Waals surface area contributed by atoms with E-state index in [1.807, 2.05) is 0 Å². The van der Waals surface area contributed by atoms with Gasteiger partial charge in [-0.15, -0.1) is 10.2 Å². The van der Waals surface area contributed by atoms with Crippen molar-refractivity contribution in [3.63, 3.8) is 0 Å². The Kier molecular flexibility index (Phi) is 3.91. The first-order valence-corrected chi connectivity index (χ1v) is 6.16. The van der Waals surface area contributed by atoms with Gasteiger partial charge in [0.1, 0.15) is 5.01 Å². The average molecular weight is 248 g/mol. The third-order valence-electron chi connectivity index (χ3n) is 2.57. The maximum absolute atomic E-state index is 5.73. The molecule has 15 heavy (non-hydrogen) atoms. The fourth-order valence-electron chi connectivity index (χ4n) is 1.92. The molecule has 0 aromatic carbocycles. The summed E-state index contributed by atoms with van der Waals surface area (Å²) < 4.78 is 5.68. The SMILES string of the molecule is COCC1CCN(Cc2nnc(Cl)s2)C1. The molecule has 1 saturated heterocycles. The van der Waals surface area contributed by atoms with Crippen molar-refractivity contribution in [1.29, 1.82) is 0 Å². The Morgan fingerprint density at radius 2 is 2.47 bits per heavy atom. The molecule has 0 bridgehead atoms.